The lowest BCUT2D eigenvalue weighted by Crippen LogP contribution is -2.41. The molecule has 0 spiro atoms. The quantitative estimate of drug-likeness (QED) is 0.478. The summed E-state index contributed by atoms with van der Waals surface area (Å²) in [5, 5.41) is 8.51. The summed E-state index contributed by atoms with van der Waals surface area (Å²) in [6.07, 6.45) is 4.50. The number of rotatable bonds is 6. The maximum atomic E-state index is 13.2. The molecule has 1 atom stereocenters. The van der Waals surface area contributed by atoms with Gasteiger partial charge in [0.25, 0.3) is 5.91 Å². The van der Waals surface area contributed by atoms with Crippen molar-refractivity contribution >= 4 is 46.0 Å². The highest BCUT2D eigenvalue weighted by Crippen LogP contribution is 2.38. The number of nitrogens with zero attached hydrogens (tertiary/aromatic N) is 4. The van der Waals surface area contributed by atoms with E-state index in [2.05, 4.69) is 10.2 Å². The highest BCUT2D eigenvalue weighted by Gasteiger charge is 2.36. The van der Waals surface area contributed by atoms with E-state index in [9.17, 15) is 18.8 Å². The van der Waals surface area contributed by atoms with Gasteiger partial charge in [0.05, 0.1) is 5.25 Å². The average Bonchev–Trinajstić information content (AvgIpc) is 3.53. The summed E-state index contributed by atoms with van der Waals surface area (Å²) in [5.74, 6) is -1.08. The number of thioether (sulfide) groups is 1. The summed E-state index contributed by atoms with van der Waals surface area (Å²) in [6.45, 7) is 2.17. The van der Waals surface area contributed by atoms with Crippen molar-refractivity contribution in [2.24, 2.45) is 0 Å². The zero-order valence-corrected chi connectivity index (χ0v) is 18.8. The molecule has 31 heavy (non-hydrogen) atoms. The first-order chi connectivity index (χ1) is 15.0. The lowest BCUT2D eigenvalue weighted by molar-refractivity contribution is -0.127. The van der Waals surface area contributed by atoms with Gasteiger partial charge < -0.3 is 0 Å². The Balaban J connectivity index is 1.48. The number of benzene rings is 1. The summed E-state index contributed by atoms with van der Waals surface area (Å²) in [7, 11) is 0. The van der Waals surface area contributed by atoms with Gasteiger partial charge in [-0.15, -0.1) is 10.2 Å². The van der Waals surface area contributed by atoms with Crippen molar-refractivity contribution in [1.82, 2.24) is 15.1 Å². The van der Waals surface area contributed by atoms with Crippen LogP contribution in [0.3, 0.4) is 0 Å². The smallest absolute Gasteiger partial charge is 0.260 e. The predicted molar refractivity (Wildman–Crippen MR) is 117 cm³/mol. The molecule has 7 nitrogen and oxygen atoms in total. The molecule has 1 aliphatic carbocycles. The zero-order chi connectivity index (χ0) is 22.0. The first kappa shape index (κ1) is 21.9. The molecule has 10 heteroatoms. The second-order valence-electron chi connectivity index (χ2n) is 7.60. The zero-order valence-electron chi connectivity index (χ0n) is 17.1. The second-order valence-corrected chi connectivity index (χ2v) is 10.0. The van der Waals surface area contributed by atoms with Crippen LogP contribution >= 0.6 is 23.1 Å². The number of hydrogen-bond donors (Lipinski definition) is 0. The fourth-order valence-corrected chi connectivity index (χ4v) is 5.78. The molecule has 1 unspecified atom stereocenters. The number of amides is 3. The molecule has 1 aromatic carbocycles. The largest absolute Gasteiger partial charge is 0.284 e. The summed E-state index contributed by atoms with van der Waals surface area (Å²) in [4.78, 5) is 41.3. The van der Waals surface area contributed by atoms with E-state index in [1.165, 1.54) is 52.3 Å². The van der Waals surface area contributed by atoms with Gasteiger partial charge in [-0.2, -0.15) is 0 Å². The Hall–Kier alpha value is -2.33. The van der Waals surface area contributed by atoms with Crippen LogP contribution in [0, 0.1) is 5.82 Å². The van der Waals surface area contributed by atoms with Crippen LogP contribution in [0.1, 0.15) is 55.8 Å². The number of halogens is 1. The third-order valence-corrected chi connectivity index (χ3v) is 7.56. The highest BCUT2D eigenvalue weighted by molar-refractivity contribution is 8.02. The van der Waals surface area contributed by atoms with Crippen LogP contribution < -0.4 is 4.90 Å². The molecule has 4 rings (SSSR count). The maximum Gasteiger partial charge on any atom is 0.260 e. The lowest BCUT2D eigenvalue weighted by Gasteiger charge is -2.22. The maximum absolute atomic E-state index is 13.2. The van der Waals surface area contributed by atoms with Gasteiger partial charge in [0.1, 0.15) is 5.82 Å². The van der Waals surface area contributed by atoms with Gasteiger partial charge in [-0.05, 0) is 49.9 Å². The van der Waals surface area contributed by atoms with E-state index >= 15 is 0 Å². The minimum atomic E-state index is -0.455. The Labute approximate surface area is 188 Å². The van der Waals surface area contributed by atoms with Crippen molar-refractivity contribution in [3.8, 4) is 0 Å². The molecule has 1 saturated heterocycles. The molecular weight excluding hydrogens is 439 g/mol. The van der Waals surface area contributed by atoms with E-state index < -0.39 is 17.0 Å². The summed E-state index contributed by atoms with van der Waals surface area (Å²) in [5.41, 5.74) is 0.289. The molecule has 2 heterocycles. The molecule has 1 saturated carbocycles. The van der Waals surface area contributed by atoms with E-state index in [0.29, 0.717) is 28.9 Å². The van der Waals surface area contributed by atoms with Gasteiger partial charge >= 0.3 is 0 Å². The van der Waals surface area contributed by atoms with Crippen molar-refractivity contribution in [2.75, 3.05) is 11.4 Å². The topological polar surface area (TPSA) is 83.5 Å². The first-order valence-electron chi connectivity index (χ1n) is 10.4. The van der Waals surface area contributed by atoms with Gasteiger partial charge in [-0.3, -0.25) is 24.2 Å². The lowest BCUT2D eigenvalue weighted by atomic mass is 10.2. The third-order valence-electron chi connectivity index (χ3n) is 5.30. The van der Waals surface area contributed by atoms with Crippen LogP contribution in [0.2, 0.25) is 0 Å². The van der Waals surface area contributed by atoms with E-state index in [0.717, 1.165) is 25.7 Å². The highest BCUT2D eigenvalue weighted by atomic mass is 32.2. The van der Waals surface area contributed by atoms with Crippen molar-refractivity contribution in [1.29, 1.82) is 0 Å². The van der Waals surface area contributed by atoms with E-state index in [4.69, 9.17) is 0 Å². The number of anilines is 1. The second kappa shape index (κ2) is 9.44. The Kier molecular flexibility index (Phi) is 6.66. The Morgan fingerprint density at radius 3 is 2.61 bits per heavy atom. The molecule has 2 fully saturated rings. The molecule has 1 aromatic heterocycles. The van der Waals surface area contributed by atoms with Crippen LogP contribution in [0.15, 0.2) is 28.6 Å². The van der Waals surface area contributed by atoms with Crippen LogP contribution in [0.4, 0.5) is 9.52 Å². The fourth-order valence-electron chi connectivity index (χ4n) is 3.51. The molecule has 2 aromatic rings. The summed E-state index contributed by atoms with van der Waals surface area (Å²) in [6, 6.07) is 5.42. The van der Waals surface area contributed by atoms with E-state index in [-0.39, 0.29) is 23.4 Å². The Morgan fingerprint density at radius 2 is 1.94 bits per heavy atom. The van der Waals surface area contributed by atoms with Gasteiger partial charge in [-0.1, -0.05) is 36.4 Å². The Morgan fingerprint density at radius 1 is 1.19 bits per heavy atom. The number of hydrogen-bond acceptors (Lipinski definition) is 7. The molecule has 0 bridgehead atoms. The van der Waals surface area contributed by atoms with E-state index in [1.807, 2.05) is 6.92 Å². The van der Waals surface area contributed by atoms with Crippen LogP contribution in [0.5, 0.6) is 0 Å². The molecule has 0 radical (unpaired) electrons. The number of carbonyl (C=O) groups excluding carboxylic acids is 3. The van der Waals surface area contributed by atoms with Crippen LogP contribution in [-0.2, 0) is 9.59 Å². The minimum Gasteiger partial charge on any atom is -0.284 e. The monoisotopic (exact) mass is 462 g/mol. The normalized spacial score (nSPS) is 19.2. The number of carbonyl (C=O) groups is 3. The van der Waals surface area contributed by atoms with Crippen molar-refractivity contribution in [2.45, 2.75) is 61.1 Å². The number of imide groups is 1. The minimum absolute atomic E-state index is 0.0248. The number of aromatic nitrogens is 2. The molecule has 2 aliphatic rings. The fraction of sp³-hybridized carbons (Fsp3) is 0.476. The molecule has 3 amide bonds. The predicted octanol–water partition coefficient (Wildman–Crippen LogP) is 3.90. The van der Waals surface area contributed by atoms with Gasteiger partial charge in [0.2, 0.25) is 16.9 Å². The molecule has 1 aliphatic heterocycles. The van der Waals surface area contributed by atoms with Gasteiger partial charge in [0.15, 0.2) is 4.34 Å². The SMILES string of the molecule is CCC(=O)N(c1nnc(SC2CCCCN(C(=O)c3ccc(F)cc3)C2=O)s1)C1CC1. The van der Waals surface area contributed by atoms with Gasteiger partial charge in [0, 0.05) is 24.6 Å². The molecule has 0 N–H and O–H groups in total. The molecular formula is C21H23FN4O3S2. The van der Waals surface area contributed by atoms with Crippen molar-refractivity contribution < 1.29 is 18.8 Å². The van der Waals surface area contributed by atoms with Crippen molar-refractivity contribution in [3.05, 3.63) is 35.6 Å². The number of likely N-dealkylation sites (tertiary alicyclic amines) is 1. The van der Waals surface area contributed by atoms with E-state index in [1.54, 1.807) is 4.90 Å². The third kappa shape index (κ3) is 4.95. The van der Waals surface area contributed by atoms with Crippen LogP contribution in [-0.4, -0.2) is 50.7 Å². The standard InChI is InChI=1S/C21H23FN4O3S2/c1-2-17(27)26(15-10-11-15)20-23-24-21(31-20)30-16-5-3-4-12-25(19(16)29)18(28)13-6-8-14(22)9-7-13/h6-9,15-16H,2-5,10-12H2,1H3. The summed E-state index contributed by atoms with van der Waals surface area (Å²) >= 11 is 2.61. The molecule has 164 valence electrons. The summed E-state index contributed by atoms with van der Waals surface area (Å²) < 4.78 is 13.8. The Bertz CT molecular complexity index is 977. The van der Waals surface area contributed by atoms with Crippen LogP contribution in [0.25, 0.3) is 0 Å². The van der Waals surface area contributed by atoms with Crippen molar-refractivity contribution in [3.63, 3.8) is 0 Å². The van der Waals surface area contributed by atoms with Gasteiger partial charge in [-0.25, -0.2) is 4.39 Å². The first-order valence-corrected chi connectivity index (χ1v) is 12.1. The average molecular weight is 463 g/mol.